The number of phenols is 1. The van der Waals surface area contributed by atoms with Gasteiger partial charge in [-0.15, -0.1) is 0 Å². The Morgan fingerprint density at radius 1 is 1.00 bits per heavy atom. The van der Waals surface area contributed by atoms with Crippen molar-refractivity contribution in [3.05, 3.63) is 109 Å². The van der Waals surface area contributed by atoms with E-state index in [4.69, 9.17) is 0 Å². The summed E-state index contributed by atoms with van der Waals surface area (Å²) < 4.78 is 42.5. The first-order valence-corrected chi connectivity index (χ1v) is 15.0. The Hall–Kier alpha value is -4.67. The summed E-state index contributed by atoms with van der Waals surface area (Å²) in [7, 11) is 0. The topological polar surface area (TPSA) is 125 Å². The molecule has 0 atom stereocenters. The summed E-state index contributed by atoms with van der Waals surface area (Å²) in [6.45, 7) is 0. The van der Waals surface area contributed by atoms with E-state index in [-0.39, 0.29) is 22.4 Å². The Bertz CT molecular complexity index is 1900. The molecule has 8 nitrogen and oxygen atoms in total. The number of aromatic hydroxyl groups is 1. The van der Waals surface area contributed by atoms with Crippen LogP contribution in [-0.4, -0.2) is 20.9 Å². The van der Waals surface area contributed by atoms with E-state index < -0.39 is 51.5 Å². The lowest BCUT2D eigenvalue weighted by atomic mass is 9.48. The van der Waals surface area contributed by atoms with E-state index in [1.54, 1.807) is 11.1 Å². The van der Waals surface area contributed by atoms with Crippen molar-refractivity contribution in [1.29, 1.82) is 0 Å². The van der Waals surface area contributed by atoms with Crippen molar-refractivity contribution in [2.45, 2.75) is 56.5 Å². The largest absolute Gasteiger partial charge is 0.508 e. The molecule has 0 saturated heterocycles. The highest BCUT2D eigenvalue weighted by atomic mass is 19.4. The zero-order valence-corrected chi connectivity index (χ0v) is 24.1. The molecule has 4 fully saturated rings. The number of hydrogen-bond donors (Lipinski definition) is 3. The van der Waals surface area contributed by atoms with Gasteiger partial charge in [-0.2, -0.15) is 13.2 Å². The van der Waals surface area contributed by atoms with Gasteiger partial charge in [-0.25, -0.2) is 0 Å². The molecule has 4 saturated carbocycles. The molecule has 3 aromatic carbocycles. The van der Waals surface area contributed by atoms with Crippen LogP contribution in [0.15, 0.2) is 65.5 Å². The molecule has 1 aromatic heterocycles. The minimum absolute atomic E-state index is 0.111. The van der Waals surface area contributed by atoms with Gasteiger partial charge in [-0.3, -0.25) is 19.7 Å². The SMILES string of the molecule is O=C(Nc1ccccc1[N+](=O)[O-])c1cc(Cc2c(O)ccc3cc(C45CC6CC(CC(C6)C4)C5)ccc23)c(C(F)(F)F)[nH]c1=O. The number of anilines is 1. The summed E-state index contributed by atoms with van der Waals surface area (Å²) in [6, 6.07) is 15.3. The third-order valence-electron chi connectivity index (χ3n) is 10.1. The Labute approximate surface area is 255 Å². The van der Waals surface area contributed by atoms with Crippen LogP contribution in [0.3, 0.4) is 0 Å². The first-order valence-electron chi connectivity index (χ1n) is 15.0. The molecular formula is C34H30F3N3O5. The number of rotatable bonds is 6. The quantitative estimate of drug-likeness (QED) is 0.153. The highest BCUT2D eigenvalue weighted by molar-refractivity contribution is 6.05. The van der Waals surface area contributed by atoms with Crippen LogP contribution in [-0.2, 0) is 18.0 Å². The van der Waals surface area contributed by atoms with Gasteiger partial charge in [0.25, 0.3) is 17.2 Å². The fourth-order valence-corrected chi connectivity index (χ4v) is 8.62. The number of nitro benzene ring substituents is 1. The standard InChI is InChI=1S/C34H30F3N3O5/c35-34(36,37)30-22(14-26(32(43)39-30)31(42)38-27-3-1-2-4-28(27)40(44)45)13-25-24-7-6-23(12-21(24)5-8-29(25)41)33-15-18-9-19(16-33)11-20(10-18)17-33/h1-8,12,14,18-20,41H,9-11,13,15-17H2,(H,38,42)(H,39,43). The van der Waals surface area contributed by atoms with Crippen molar-refractivity contribution in [2.24, 2.45) is 17.8 Å². The molecule has 8 rings (SSSR count). The molecule has 3 N–H and O–H groups in total. The molecule has 0 radical (unpaired) electrons. The fourth-order valence-electron chi connectivity index (χ4n) is 8.62. The Morgan fingerprint density at radius 2 is 1.67 bits per heavy atom. The fraction of sp³-hybridized carbons (Fsp3) is 0.353. The van der Waals surface area contributed by atoms with Gasteiger partial charge in [0.05, 0.1) is 4.92 Å². The van der Waals surface area contributed by atoms with Crippen LogP contribution < -0.4 is 10.9 Å². The monoisotopic (exact) mass is 617 g/mol. The molecule has 4 aliphatic carbocycles. The Kier molecular flexibility index (Phi) is 6.75. The minimum atomic E-state index is -4.96. The molecule has 232 valence electrons. The number of para-hydroxylation sites is 2. The van der Waals surface area contributed by atoms with Crippen LogP contribution in [0.25, 0.3) is 10.8 Å². The van der Waals surface area contributed by atoms with E-state index in [0.29, 0.717) is 5.39 Å². The lowest BCUT2D eigenvalue weighted by molar-refractivity contribution is -0.383. The number of aromatic amines is 1. The van der Waals surface area contributed by atoms with E-state index in [1.165, 1.54) is 49.1 Å². The second kappa shape index (κ2) is 10.5. The lowest BCUT2D eigenvalue weighted by Crippen LogP contribution is -2.48. The summed E-state index contributed by atoms with van der Waals surface area (Å²) in [5.41, 5.74) is -2.80. The van der Waals surface area contributed by atoms with E-state index in [0.717, 1.165) is 54.5 Å². The predicted octanol–water partition coefficient (Wildman–Crippen LogP) is 7.47. The van der Waals surface area contributed by atoms with E-state index in [1.807, 2.05) is 12.1 Å². The minimum Gasteiger partial charge on any atom is -0.508 e. The smallest absolute Gasteiger partial charge is 0.431 e. The van der Waals surface area contributed by atoms with Crippen LogP contribution >= 0.6 is 0 Å². The third-order valence-corrected chi connectivity index (χ3v) is 10.1. The van der Waals surface area contributed by atoms with Crippen molar-refractivity contribution < 1.29 is 28.0 Å². The molecule has 4 bridgehead atoms. The number of phenolic OH excluding ortho intramolecular Hbond substituents is 1. The number of fused-ring (bicyclic) bond motifs is 1. The number of pyridine rings is 1. The Morgan fingerprint density at radius 3 is 2.31 bits per heavy atom. The lowest BCUT2D eigenvalue weighted by Gasteiger charge is -2.57. The number of nitrogens with zero attached hydrogens (tertiary/aromatic N) is 1. The van der Waals surface area contributed by atoms with E-state index in [9.17, 15) is 38.0 Å². The number of benzene rings is 3. The van der Waals surface area contributed by atoms with Crippen molar-refractivity contribution in [1.82, 2.24) is 4.98 Å². The van der Waals surface area contributed by atoms with E-state index >= 15 is 0 Å². The van der Waals surface area contributed by atoms with Crippen molar-refractivity contribution >= 4 is 28.1 Å². The van der Waals surface area contributed by atoms with Gasteiger partial charge in [0.1, 0.15) is 22.7 Å². The third kappa shape index (κ3) is 5.13. The molecule has 11 heteroatoms. The highest BCUT2D eigenvalue weighted by Gasteiger charge is 2.51. The number of alkyl halides is 3. The average molecular weight is 618 g/mol. The molecular weight excluding hydrogens is 587 g/mol. The van der Waals surface area contributed by atoms with Gasteiger partial charge in [0, 0.05) is 18.1 Å². The van der Waals surface area contributed by atoms with Crippen LogP contribution in [0.4, 0.5) is 24.5 Å². The van der Waals surface area contributed by atoms with Gasteiger partial charge < -0.3 is 15.4 Å². The van der Waals surface area contributed by atoms with Gasteiger partial charge in [-0.05, 0) is 102 Å². The average Bonchev–Trinajstić information content (AvgIpc) is 2.98. The highest BCUT2D eigenvalue weighted by Crippen LogP contribution is 2.61. The molecule has 4 aliphatic rings. The molecule has 4 aromatic rings. The molecule has 1 heterocycles. The number of aromatic nitrogens is 1. The van der Waals surface area contributed by atoms with E-state index in [2.05, 4.69) is 11.4 Å². The molecule has 0 unspecified atom stereocenters. The second-order valence-electron chi connectivity index (χ2n) is 13.0. The number of amides is 1. The number of carbonyl (C=O) groups is 1. The number of nitrogens with one attached hydrogen (secondary N) is 2. The summed E-state index contributed by atoms with van der Waals surface area (Å²) >= 11 is 0. The normalized spacial score (nSPS) is 23.8. The summed E-state index contributed by atoms with van der Waals surface area (Å²) in [4.78, 5) is 38.2. The van der Waals surface area contributed by atoms with Crippen LogP contribution in [0.5, 0.6) is 5.75 Å². The maximum Gasteiger partial charge on any atom is 0.431 e. The Balaban J connectivity index is 1.27. The molecule has 1 amide bonds. The number of H-pyrrole nitrogens is 1. The number of hydrogen-bond acceptors (Lipinski definition) is 5. The van der Waals surface area contributed by atoms with Crippen LogP contribution in [0.1, 0.15) is 71.3 Å². The zero-order chi connectivity index (χ0) is 31.7. The van der Waals surface area contributed by atoms with Crippen molar-refractivity contribution in [3.8, 4) is 5.75 Å². The molecule has 45 heavy (non-hydrogen) atoms. The van der Waals surface area contributed by atoms with Gasteiger partial charge in [0.15, 0.2) is 0 Å². The molecule has 0 aliphatic heterocycles. The number of nitro groups is 1. The van der Waals surface area contributed by atoms with Gasteiger partial charge in [0.2, 0.25) is 0 Å². The maximum atomic E-state index is 14.2. The first kappa shape index (κ1) is 29.1. The zero-order valence-electron chi connectivity index (χ0n) is 24.1. The molecule has 0 spiro atoms. The summed E-state index contributed by atoms with van der Waals surface area (Å²) in [5, 5.41) is 25.9. The van der Waals surface area contributed by atoms with Crippen LogP contribution in [0.2, 0.25) is 0 Å². The second-order valence-corrected chi connectivity index (χ2v) is 13.0. The predicted molar refractivity (Wildman–Crippen MR) is 161 cm³/mol. The number of halogens is 3. The van der Waals surface area contributed by atoms with Gasteiger partial charge >= 0.3 is 6.18 Å². The van der Waals surface area contributed by atoms with Gasteiger partial charge in [-0.1, -0.05) is 36.4 Å². The van der Waals surface area contributed by atoms with Crippen LogP contribution in [0, 0.1) is 27.9 Å². The van der Waals surface area contributed by atoms with Crippen molar-refractivity contribution in [3.63, 3.8) is 0 Å². The maximum absolute atomic E-state index is 14.2. The summed E-state index contributed by atoms with van der Waals surface area (Å²) in [5.74, 6) is 0.895. The summed E-state index contributed by atoms with van der Waals surface area (Å²) in [6.07, 6.45) is 1.95. The first-order chi connectivity index (χ1) is 21.4. The number of carbonyl (C=O) groups excluding carboxylic acids is 1. The van der Waals surface area contributed by atoms with Crippen molar-refractivity contribution in [2.75, 3.05) is 5.32 Å².